The molecule has 3 heterocycles. The topological polar surface area (TPSA) is 67.7 Å². The molecule has 2 aliphatic heterocycles. The van der Waals surface area contributed by atoms with Crippen LogP contribution in [0.4, 0.5) is 5.95 Å². The average molecular weight is 396 g/mol. The van der Waals surface area contributed by atoms with Gasteiger partial charge in [0.25, 0.3) is 5.56 Å². The molecule has 0 spiro atoms. The number of fused-ring (bicyclic) bond motifs is 1. The van der Waals surface area contributed by atoms with Crippen molar-refractivity contribution in [1.82, 2.24) is 14.5 Å². The van der Waals surface area contributed by atoms with E-state index in [0.29, 0.717) is 24.7 Å². The molecule has 1 aromatic heterocycles. The molecule has 1 fully saturated rings. The number of rotatable bonds is 6. The third-order valence-electron chi connectivity index (χ3n) is 5.61. The number of hydrogen-bond acceptors (Lipinski definition) is 6. The quantitative estimate of drug-likeness (QED) is 0.696. The number of carbonyl (C=O) groups is 1. The van der Waals surface area contributed by atoms with Gasteiger partial charge in [-0.1, -0.05) is 30.3 Å². The number of esters is 1. The summed E-state index contributed by atoms with van der Waals surface area (Å²) >= 11 is 0. The third-order valence-corrected chi connectivity index (χ3v) is 5.61. The normalized spacial score (nSPS) is 16.7. The molecule has 0 bridgehead atoms. The predicted molar refractivity (Wildman–Crippen MR) is 111 cm³/mol. The van der Waals surface area contributed by atoms with Gasteiger partial charge in [-0.05, 0) is 25.3 Å². The summed E-state index contributed by atoms with van der Waals surface area (Å²) in [6.07, 6.45) is 2.91. The maximum absolute atomic E-state index is 13.4. The van der Waals surface area contributed by atoms with Crippen molar-refractivity contribution in [3.63, 3.8) is 0 Å². The van der Waals surface area contributed by atoms with Gasteiger partial charge in [0.1, 0.15) is 6.54 Å². The summed E-state index contributed by atoms with van der Waals surface area (Å²) in [5.41, 5.74) is 2.70. The smallest absolute Gasteiger partial charge is 0.326 e. The molecule has 29 heavy (non-hydrogen) atoms. The first-order valence-electron chi connectivity index (χ1n) is 10.4. The van der Waals surface area contributed by atoms with Crippen LogP contribution in [0.15, 0.2) is 35.1 Å². The third kappa shape index (κ3) is 4.34. The van der Waals surface area contributed by atoms with E-state index in [9.17, 15) is 9.59 Å². The van der Waals surface area contributed by atoms with Gasteiger partial charge in [0.2, 0.25) is 5.95 Å². The molecule has 2 aliphatic rings. The highest BCUT2D eigenvalue weighted by molar-refractivity contribution is 5.69. The zero-order valence-corrected chi connectivity index (χ0v) is 17.0. The van der Waals surface area contributed by atoms with E-state index in [1.165, 1.54) is 10.1 Å². The summed E-state index contributed by atoms with van der Waals surface area (Å²) < 4.78 is 6.63. The highest BCUT2D eigenvalue weighted by atomic mass is 16.5. The molecule has 0 N–H and O–H groups in total. The van der Waals surface area contributed by atoms with E-state index in [0.717, 1.165) is 51.1 Å². The van der Waals surface area contributed by atoms with E-state index < -0.39 is 5.97 Å². The van der Waals surface area contributed by atoms with Crippen LogP contribution in [0.25, 0.3) is 0 Å². The Balaban J connectivity index is 1.64. The van der Waals surface area contributed by atoms with E-state index in [4.69, 9.17) is 9.72 Å². The van der Waals surface area contributed by atoms with Crippen LogP contribution >= 0.6 is 0 Å². The summed E-state index contributed by atoms with van der Waals surface area (Å²) in [7, 11) is 0. The Bertz CT molecular complexity index is 920. The summed E-state index contributed by atoms with van der Waals surface area (Å²) in [6.45, 7) is 5.95. The zero-order chi connectivity index (χ0) is 20.2. The van der Waals surface area contributed by atoms with Gasteiger partial charge < -0.3 is 9.64 Å². The van der Waals surface area contributed by atoms with Crippen molar-refractivity contribution in [2.45, 2.75) is 45.8 Å². The molecule has 2 aromatic rings. The molecule has 0 radical (unpaired) electrons. The molecule has 0 atom stereocenters. The van der Waals surface area contributed by atoms with Gasteiger partial charge in [0.05, 0.1) is 17.9 Å². The summed E-state index contributed by atoms with van der Waals surface area (Å²) in [6, 6.07) is 10.3. The minimum atomic E-state index is -0.395. The zero-order valence-electron chi connectivity index (χ0n) is 17.0. The molecular weight excluding hydrogens is 368 g/mol. The lowest BCUT2D eigenvalue weighted by Crippen LogP contribution is -2.41. The first-order valence-corrected chi connectivity index (χ1v) is 10.4. The van der Waals surface area contributed by atoms with Gasteiger partial charge in [-0.2, -0.15) is 0 Å². The Kier molecular flexibility index (Phi) is 5.94. The molecule has 0 saturated carbocycles. The molecule has 4 rings (SSSR count). The fourth-order valence-corrected chi connectivity index (χ4v) is 4.17. The molecule has 0 amide bonds. The highest BCUT2D eigenvalue weighted by Crippen LogP contribution is 2.22. The summed E-state index contributed by atoms with van der Waals surface area (Å²) in [4.78, 5) is 34.8. The standard InChI is InChI=1S/C22H28N4O3/c1-2-29-20(27)16-26-21(28)18-15-24(14-17-8-4-3-5-9-17)13-10-19(18)23-22(26)25-11-6-7-12-25/h3-5,8-9H,2,6-7,10-16H2,1H3. The summed E-state index contributed by atoms with van der Waals surface area (Å²) in [5.74, 6) is 0.226. The van der Waals surface area contributed by atoms with Crippen molar-refractivity contribution in [2.75, 3.05) is 31.1 Å². The van der Waals surface area contributed by atoms with Crippen LogP contribution in [0.1, 0.15) is 36.6 Å². The second kappa shape index (κ2) is 8.78. The van der Waals surface area contributed by atoms with Crippen LogP contribution in [0.5, 0.6) is 0 Å². The van der Waals surface area contributed by atoms with E-state index >= 15 is 0 Å². The number of nitrogens with zero attached hydrogens (tertiary/aromatic N) is 4. The largest absolute Gasteiger partial charge is 0.465 e. The number of aromatic nitrogens is 2. The van der Waals surface area contributed by atoms with Crippen LogP contribution in [0.3, 0.4) is 0 Å². The maximum Gasteiger partial charge on any atom is 0.326 e. The van der Waals surface area contributed by atoms with Crippen molar-refractivity contribution in [3.8, 4) is 0 Å². The Morgan fingerprint density at radius 2 is 1.90 bits per heavy atom. The number of benzene rings is 1. The van der Waals surface area contributed by atoms with Gasteiger partial charge in [-0.3, -0.25) is 19.1 Å². The van der Waals surface area contributed by atoms with Crippen LogP contribution in [0.2, 0.25) is 0 Å². The van der Waals surface area contributed by atoms with Crippen LogP contribution < -0.4 is 10.5 Å². The highest BCUT2D eigenvalue weighted by Gasteiger charge is 2.27. The van der Waals surface area contributed by atoms with Gasteiger partial charge >= 0.3 is 5.97 Å². The molecule has 7 heteroatoms. The Labute approximate surface area is 170 Å². The lowest BCUT2D eigenvalue weighted by atomic mass is 10.1. The van der Waals surface area contributed by atoms with Crippen molar-refractivity contribution in [2.24, 2.45) is 0 Å². The molecule has 0 aliphatic carbocycles. The Morgan fingerprint density at radius 1 is 1.14 bits per heavy atom. The monoisotopic (exact) mass is 396 g/mol. The number of ether oxygens (including phenoxy) is 1. The van der Waals surface area contributed by atoms with Crippen molar-refractivity contribution < 1.29 is 9.53 Å². The van der Waals surface area contributed by atoms with Crippen molar-refractivity contribution in [1.29, 1.82) is 0 Å². The number of anilines is 1. The molecule has 0 unspecified atom stereocenters. The van der Waals surface area contributed by atoms with Crippen molar-refractivity contribution in [3.05, 3.63) is 57.5 Å². The Morgan fingerprint density at radius 3 is 2.62 bits per heavy atom. The second-order valence-electron chi connectivity index (χ2n) is 7.67. The van der Waals surface area contributed by atoms with E-state index in [2.05, 4.69) is 21.9 Å². The van der Waals surface area contributed by atoms with Crippen LogP contribution in [-0.2, 0) is 35.6 Å². The van der Waals surface area contributed by atoms with Gasteiger partial charge in [0.15, 0.2) is 0 Å². The average Bonchev–Trinajstić information content (AvgIpc) is 3.26. The van der Waals surface area contributed by atoms with Crippen molar-refractivity contribution >= 4 is 11.9 Å². The van der Waals surface area contributed by atoms with E-state index in [-0.39, 0.29) is 12.1 Å². The lowest BCUT2D eigenvalue weighted by molar-refractivity contribution is -0.143. The molecule has 154 valence electrons. The second-order valence-corrected chi connectivity index (χ2v) is 7.67. The fourth-order valence-electron chi connectivity index (χ4n) is 4.17. The molecule has 7 nitrogen and oxygen atoms in total. The minimum absolute atomic E-state index is 0.0858. The predicted octanol–water partition coefficient (Wildman–Crippen LogP) is 1.96. The number of carbonyl (C=O) groups excluding carboxylic acids is 1. The fraction of sp³-hybridized carbons (Fsp3) is 0.500. The molecule has 1 aromatic carbocycles. The first-order chi connectivity index (χ1) is 14.2. The minimum Gasteiger partial charge on any atom is -0.465 e. The molecule has 1 saturated heterocycles. The number of hydrogen-bond donors (Lipinski definition) is 0. The van der Waals surface area contributed by atoms with Gasteiger partial charge in [-0.15, -0.1) is 0 Å². The SMILES string of the molecule is CCOC(=O)Cn1c(N2CCCC2)nc2c(c1=O)CN(Cc1ccccc1)CC2. The van der Waals surface area contributed by atoms with Crippen LogP contribution in [0, 0.1) is 0 Å². The first kappa shape index (κ1) is 19.6. The van der Waals surface area contributed by atoms with Gasteiger partial charge in [0, 0.05) is 39.1 Å². The maximum atomic E-state index is 13.4. The Hall–Kier alpha value is -2.67. The summed E-state index contributed by atoms with van der Waals surface area (Å²) in [5, 5.41) is 0. The molecular formula is C22H28N4O3. The lowest BCUT2D eigenvalue weighted by Gasteiger charge is -2.30. The van der Waals surface area contributed by atoms with E-state index in [1.807, 2.05) is 18.2 Å². The van der Waals surface area contributed by atoms with E-state index in [1.54, 1.807) is 6.92 Å². The van der Waals surface area contributed by atoms with Gasteiger partial charge in [-0.25, -0.2) is 4.98 Å². The van der Waals surface area contributed by atoms with Crippen LogP contribution in [-0.4, -0.2) is 46.7 Å².